The van der Waals surface area contributed by atoms with Crippen LogP contribution in [0.25, 0.3) is 16.4 Å². The van der Waals surface area contributed by atoms with Crippen molar-refractivity contribution in [3.05, 3.63) is 76.5 Å². The standard InChI is InChI=1S/C20H16ClN5OS/c1-13-9-18(26(25-13)16-6-4-5-14(21)10-16)24-19(27)11-15-12-28-20(23-15)17-7-2-3-8-22-17/h2-10,12H,11H2,1H3,(H,24,27). The van der Waals surface area contributed by atoms with Crippen LogP contribution >= 0.6 is 22.9 Å². The second-order valence-corrected chi connectivity index (χ2v) is 7.44. The van der Waals surface area contributed by atoms with Gasteiger partial charge in [0.1, 0.15) is 10.8 Å². The van der Waals surface area contributed by atoms with Crippen LogP contribution in [0.1, 0.15) is 11.4 Å². The summed E-state index contributed by atoms with van der Waals surface area (Å²) in [4.78, 5) is 21.4. The molecule has 1 amide bonds. The van der Waals surface area contributed by atoms with Crippen molar-refractivity contribution in [1.82, 2.24) is 19.7 Å². The number of aromatic nitrogens is 4. The van der Waals surface area contributed by atoms with E-state index in [1.54, 1.807) is 23.0 Å². The van der Waals surface area contributed by atoms with Crippen molar-refractivity contribution in [3.8, 4) is 16.4 Å². The van der Waals surface area contributed by atoms with Crippen molar-refractivity contribution in [3.63, 3.8) is 0 Å². The lowest BCUT2D eigenvalue weighted by atomic mass is 10.3. The number of pyridine rings is 1. The SMILES string of the molecule is Cc1cc(NC(=O)Cc2csc(-c3ccccn3)n2)n(-c2cccc(Cl)c2)n1. The minimum absolute atomic E-state index is 0.166. The zero-order valence-corrected chi connectivity index (χ0v) is 16.5. The highest BCUT2D eigenvalue weighted by atomic mass is 35.5. The fraction of sp³-hybridized carbons (Fsp3) is 0.100. The molecule has 3 heterocycles. The van der Waals surface area contributed by atoms with Gasteiger partial charge >= 0.3 is 0 Å². The van der Waals surface area contributed by atoms with E-state index < -0.39 is 0 Å². The van der Waals surface area contributed by atoms with Gasteiger partial charge in [0, 0.05) is 22.7 Å². The van der Waals surface area contributed by atoms with Gasteiger partial charge in [-0.2, -0.15) is 5.10 Å². The molecule has 0 saturated carbocycles. The Hall–Kier alpha value is -3.03. The fourth-order valence-electron chi connectivity index (χ4n) is 2.74. The first kappa shape index (κ1) is 18.3. The van der Waals surface area contributed by atoms with Gasteiger partial charge in [0.25, 0.3) is 0 Å². The molecule has 0 unspecified atom stereocenters. The molecule has 0 fully saturated rings. The average molecular weight is 410 g/mol. The summed E-state index contributed by atoms with van der Waals surface area (Å²) in [5.41, 5.74) is 3.07. The number of nitrogens with one attached hydrogen (secondary N) is 1. The summed E-state index contributed by atoms with van der Waals surface area (Å²) in [7, 11) is 0. The molecule has 1 aromatic carbocycles. The number of anilines is 1. The molecule has 8 heteroatoms. The van der Waals surface area contributed by atoms with E-state index in [9.17, 15) is 4.79 Å². The number of thiazole rings is 1. The van der Waals surface area contributed by atoms with Crippen LogP contribution in [-0.2, 0) is 11.2 Å². The molecular formula is C20H16ClN5OS. The normalized spacial score (nSPS) is 10.8. The molecule has 28 heavy (non-hydrogen) atoms. The third kappa shape index (κ3) is 4.11. The molecule has 0 atom stereocenters. The monoisotopic (exact) mass is 409 g/mol. The molecule has 140 valence electrons. The number of nitrogens with zero attached hydrogens (tertiary/aromatic N) is 4. The minimum atomic E-state index is -0.166. The number of rotatable bonds is 5. The predicted octanol–water partition coefficient (Wildman–Crippen LogP) is 4.53. The number of carbonyl (C=O) groups excluding carboxylic acids is 1. The van der Waals surface area contributed by atoms with Crippen LogP contribution < -0.4 is 5.32 Å². The minimum Gasteiger partial charge on any atom is -0.310 e. The van der Waals surface area contributed by atoms with Crippen molar-refractivity contribution in [2.75, 3.05) is 5.32 Å². The first-order valence-electron chi connectivity index (χ1n) is 8.57. The lowest BCUT2D eigenvalue weighted by molar-refractivity contribution is -0.115. The van der Waals surface area contributed by atoms with Crippen molar-refractivity contribution in [1.29, 1.82) is 0 Å². The summed E-state index contributed by atoms with van der Waals surface area (Å²) in [5.74, 6) is 0.422. The van der Waals surface area contributed by atoms with E-state index in [-0.39, 0.29) is 12.3 Å². The molecule has 0 bridgehead atoms. The molecule has 1 N–H and O–H groups in total. The van der Waals surface area contributed by atoms with Gasteiger partial charge in [0.2, 0.25) is 5.91 Å². The molecule has 4 aromatic rings. The number of carbonyl (C=O) groups is 1. The molecule has 0 radical (unpaired) electrons. The summed E-state index contributed by atoms with van der Waals surface area (Å²) in [6.07, 6.45) is 1.89. The van der Waals surface area contributed by atoms with Crippen molar-refractivity contribution < 1.29 is 4.79 Å². The Kier molecular flexibility index (Phi) is 5.18. The fourth-order valence-corrected chi connectivity index (χ4v) is 3.72. The molecule has 6 nitrogen and oxygen atoms in total. The Balaban J connectivity index is 1.50. The quantitative estimate of drug-likeness (QED) is 0.525. The van der Waals surface area contributed by atoms with Crippen LogP contribution in [0.3, 0.4) is 0 Å². The van der Waals surface area contributed by atoms with Crippen LogP contribution in [0.2, 0.25) is 5.02 Å². The Labute approximate surface area is 170 Å². The maximum atomic E-state index is 12.6. The van der Waals surface area contributed by atoms with Gasteiger partial charge in [-0.3, -0.25) is 9.78 Å². The smallest absolute Gasteiger partial charge is 0.231 e. The Morgan fingerprint density at radius 3 is 2.89 bits per heavy atom. The zero-order chi connectivity index (χ0) is 19.5. The van der Waals surface area contributed by atoms with Gasteiger partial charge in [-0.15, -0.1) is 11.3 Å². The lowest BCUT2D eigenvalue weighted by Crippen LogP contribution is -2.17. The first-order valence-corrected chi connectivity index (χ1v) is 9.82. The average Bonchev–Trinajstić information content (AvgIpc) is 3.29. The highest BCUT2D eigenvalue weighted by Gasteiger charge is 2.14. The van der Waals surface area contributed by atoms with E-state index in [0.717, 1.165) is 22.1 Å². The van der Waals surface area contributed by atoms with E-state index in [2.05, 4.69) is 20.4 Å². The number of aryl methyl sites for hydroxylation is 1. The van der Waals surface area contributed by atoms with E-state index >= 15 is 0 Å². The molecular weight excluding hydrogens is 394 g/mol. The molecule has 0 aliphatic carbocycles. The van der Waals surface area contributed by atoms with Crippen LogP contribution in [0.15, 0.2) is 60.1 Å². The Morgan fingerprint density at radius 1 is 1.21 bits per heavy atom. The van der Waals surface area contributed by atoms with Crippen LogP contribution in [0.5, 0.6) is 0 Å². The van der Waals surface area contributed by atoms with Gasteiger partial charge < -0.3 is 5.32 Å². The van der Waals surface area contributed by atoms with E-state index in [4.69, 9.17) is 11.6 Å². The number of halogens is 1. The summed E-state index contributed by atoms with van der Waals surface area (Å²) in [6, 6.07) is 14.8. The second kappa shape index (κ2) is 7.92. The van der Waals surface area contributed by atoms with E-state index in [0.29, 0.717) is 16.5 Å². The highest BCUT2D eigenvalue weighted by Crippen LogP contribution is 2.23. The summed E-state index contributed by atoms with van der Waals surface area (Å²) in [5, 5.41) is 10.6. The first-order chi connectivity index (χ1) is 13.6. The van der Waals surface area contributed by atoms with Gasteiger partial charge in [-0.1, -0.05) is 23.7 Å². The molecule has 3 aromatic heterocycles. The van der Waals surface area contributed by atoms with Gasteiger partial charge in [-0.05, 0) is 37.3 Å². The topological polar surface area (TPSA) is 72.7 Å². The second-order valence-electron chi connectivity index (χ2n) is 6.15. The molecule has 0 saturated heterocycles. The Bertz CT molecular complexity index is 1120. The number of hydrogen-bond donors (Lipinski definition) is 1. The lowest BCUT2D eigenvalue weighted by Gasteiger charge is -2.08. The van der Waals surface area contributed by atoms with Crippen molar-refractivity contribution >= 4 is 34.7 Å². The molecule has 0 aliphatic heterocycles. The van der Waals surface area contributed by atoms with Crippen LogP contribution in [-0.4, -0.2) is 25.7 Å². The number of hydrogen-bond acceptors (Lipinski definition) is 5. The third-order valence-electron chi connectivity index (χ3n) is 3.93. The molecule has 0 aliphatic rings. The largest absolute Gasteiger partial charge is 0.310 e. The number of amides is 1. The Morgan fingerprint density at radius 2 is 2.11 bits per heavy atom. The van der Waals surface area contributed by atoms with E-state index in [1.165, 1.54) is 11.3 Å². The third-order valence-corrected chi connectivity index (χ3v) is 5.08. The molecule has 4 rings (SSSR count). The summed E-state index contributed by atoms with van der Waals surface area (Å²) >= 11 is 7.55. The van der Waals surface area contributed by atoms with Gasteiger partial charge in [0.05, 0.1) is 29.2 Å². The molecule has 0 spiro atoms. The maximum absolute atomic E-state index is 12.6. The van der Waals surface area contributed by atoms with E-state index in [1.807, 2.05) is 48.7 Å². The number of benzene rings is 1. The highest BCUT2D eigenvalue weighted by molar-refractivity contribution is 7.13. The van der Waals surface area contributed by atoms with Gasteiger partial charge in [-0.25, -0.2) is 9.67 Å². The predicted molar refractivity (Wildman–Crippen MR) is 111 cm³/mol. The summed E-state index contributed by atoms with van der Waals surface area (Å²) < 4.78 is 1.67. The van der Waals surface area contributed by atoms with Crippen LogP contribution in [0.4, 0.5) is 5.82 Å². The van der Waals surface area contributed by atoms with Gasteiger partial charge in [0.15, 0.2) is 0 Å². The summed E-state index contributed by atoms with van der Waals surface area (Å²) in [6.45, 7) is 1.87. The zero-order valence-electron chi connectivity index (χ0n) is 15.0. The maximum Gasteiger partial charge on any atom is 0.231 e. The van der Waals surface area contributed by atoms with Crippen molar-refractivity contribution in [2.24, 2.45) is 0 Å². The van der Waals surface area contributed by atoms with Crippen LogP contribution in [0, 0.1) is 6.92 Å². The van der Waals surface area contributed by atoms with Crippen molar-refractivity contribution in [2.45, 2.75) is 13.3 Å².